The van der Waals surface area contributed by atoms with Gasteiger partial charge in [0.15, 0.2) is 0 Å². The van der Waals surface area contributed by atoms with Crippen LogP contribution in [0.15, 0.2) is 42.5 Å². The molecule has 4 heteroatoms. The van der Waals surface area contributed by atoms with Gasteiger partial charge in [-0.1, -0.05) is 24.3 Å². The Morgan fingerprint density at radius 3 is 2.73 bits per heavy atom. The predicted molar refractivity (Wildman–Crippen MR) is 97.4 cm³/mol. The van der Waals surface area contributed by atoms with Crippen LogP contribution in [0, 0.1) is 10.5 Å². The van der Waals surface area contributed by atoms with Gasteiger partial charge >= 0.3 is 0 Å². The number of halogens is 1. The summed E-state index contributed by atoms with van der Waals surface area (Å²) in [6.07, 6.45) is 0. The fraction of sp³-hybridized carbons (Fsp3) is 0.278. The van der Waals surface area contributed by atoms with E-state index in [1.165, 1.54) is 0 Å². The van der Waals surface area contributed by atoms with Gasteiger partial charge in [0, 0.05) is 3.57 Å². The molecule has 0 bridgehead atoms. The smallest absolute Gasteiger partial charge is 0.252 e. The fourth-order valence-electron chi connectivity index (χ4n) is 2.22. The van der Waals surface area contributed by atoms with E-state index in [1.807, 2.05) is 63.2 Å². The van der Waals surface area contributed by atoms with Crippen LogP contribution in [-0.4, -0.2) is 12.5 Å². The average molecular weight is 409 g/mol. The third-order valence-electron chi connectivity index (χ3n) is 3.45. The minimum atomic E-state index is -0.0794. The van der Waals surface area contributed by atoms with Crippen LogP contribution in [0.25, 0.3) is 0 Å². The van der Waals surface area contributed by atoms with Gasteiger partial charge in [-0.05, 0) is 72.7 Å². The van der Waals surface area contributed by atoms with E-state index >= 15 is 0 Å². The highest BCUT2D eigenvalue weighted by atomic mass is 127. The summed E-state index contributed by atoms with van der Waals surface area (Å²) in [6, 6.07) is 13.5. The Labute approximate surface area is 145 Å². The predicted octanol–water partition coefficient (Wildman–Crippen LogP) is 4.49. The van der Waals surface area contributed by atoms with Crippen molar-refractivity contribution in [3.05, 3.63) is 62.7 Å². The van der Waals surface area contributed by atoms with Crippen molar-refractivity contribution in [3.63, 3.8) is 0 Å². The molecular weight excluding hydrogens is 389 g/mol. The molecule has 0 saturated carbocycles. The lowest BCUT2D eigenvalue weighted by Crippen LogP contribution is -2.27. The highest BCUT2D eigenvalue weighted by Gasteiger charge is 2.15. The van der Waals surface area contributed by atoms with Crippen molar-refractivity contribution in [1.29, 1.82) is 0 Å². The van der Waals surface area contributed by atoms with Gasteiger partial charge in [-0.3, -0.25) is 4.79 Å². The van der Waals surface area contributed by atoms with Crippen molar-refractivity contribution in [2.45, 2.75) is 26.8 Å². The second-order valence-corrected chi connectivity index (χ2v) is 6.22. The van der Waals surface area contributed by atoms with Gasteiger partial charge in [0.1, 0.15) is 5.75 Å². The lowest BCUT2D eigenvalue weighted by Gasteiger charge is -2.16. The van der Waals surface area contributed by atoms with Crippen molar-refractivity contribution >= 4 is 28.5 Å². The summed E-state index contributed by atoms with van der Waals surface area (Å²) in [6.45, 7) is 6.57. The molecule has 1 atom stereocenters. The van der Waals surface area contributed by atoms with Crippen molar-refractivity contribution in [1.82, 2.24) is 5.32 Å². The summed E-state index contributed by atoms with van der Waals surface area (Å²) in [5, 5.41) is 3.05. The van der Waals surface area contributed by atoms with Gasteiger partial charge in [0.05, 0.1) is 18.2 Å². The molecule has 2 aromatic carbocycles. The number of hydrogen-bond acceptors (Lipinski definition) is 2. The highest BCUT2D eigenvalue weighted by molar-refractivity contribution is 14.1. The molecule has 22 heavy (non-hydrogen) atoms. The first kappa shape index (κ1) is 16.8. The third kappa shape index (κ3) is 4.00. The second kappa shape index (κ2) is 7.63. The van der Waals surface area contributed by atoms with Crippen LogP contribution in [0.1, 0.15) is 41.4 Å². The van der Waals surface area contributed by atoms with Crippen LogP contribution in [0.3, 0.4) is 0 Å². The monoisotopic (exact) mass is 409 g/mol. The molecule has 0 aliphatic rings. The lowest BCUT2D eigenvalue weighted by atomic mass is 10.1. The molecule has 0 spiro atoms. The van der Waals surface area contributed by atoms with E-state index in [0.717, 1.165) is 20.4 Å². The molecule has 0 aromatic heterocycles. The lowest BCUT2D eigenvalue weighted by molar-refractivity contribution is 0.0939. The fourth-order valence-corrected chi connectivity index (χ4v) is 2.83. The number of nitrogens with one attached hydrogen (secondary N) is 1. The Bertz CT molecular complexity index is 670. The maximum atomic E-state index is 12.5. The van der Waals surface area contributed by atoms with E-state index < -0.39 is 0 Å². The van der Waals surface area contributed by atoms with Crippen molar-refractivity contribution in [2.75, 3.05) is 6.61 Å². The van der Waals surface area contributed by atoms with Crippen molar-refractivity contribution in [2.24, 2.45) is 0 Å². The van der Waals surface area contributed by atoms with Gasteiger partial charge < -0.3 is 10.1 Å². The van der Waals surface area contributed by atoms with Gasteiger partial charge in [0.25, 0.3) is 5.91 Å². The van der Waals surface area contributed by atoms with E-state index in [0.29, 0.717) is 12.2 Å². The summed E-state index contributed by atoms with van der Waals surface area (Å²) >= 11 is 2.22. The number of hydrogen-bond donors (Lipinski definition) is 1. The van der Waals surface area contributed by atoms with Gasteiger partial charge in [-0.25, -0.2) is 0 Å². The van der Waals surface area contributed by atoms with Gasteiger partial charge in [0.2, 0.25) is 0 Å². The molecule has 1 amide bonds. The molecule has 0 aliphatic carbocycles. The van der Waals surface area contributed by atoms with Crippen molar-refractivity contribution in [3.8, 4) is 5.75 Å². The van der Waals surface area contributed by atoms with Crippen LogP contribution >= 0.6 is 22.6 Å². The number of carbonyl (C=O) groups is 1. The average Bonchev–Trinajstić information content (AvgIpc) is 2.50. The minimum absolute atomic E-state index is 0.0533. The zero-order valence-corrected chi connectivity index (χ0v) is 15.2. The first-order valence-electron chi connectivity index (χ1n) is 7.31. The first-order valence-corrected chi connectivity index (χ1v) is 8.39. The summed E-state index contributed by atoms with van der Waals surface area (Å²) in [5.41, 5.74) is 2.86. The molecule has 0 saturated heterocycles. The Morgan fingerprint density at radius 1 is 1.27 bits per heavy atom. The van der Waals surface area contributed by atoms with E-state index in [4.69, 9.17) is 4.74 Å². The summed E-state index contributed by atoms with van der Waals surface area (Å²) < 4.78 is 6.50. The molecule has 1 N–H and O–H groups in total. The first-order chi connectivity index (χ1) is 10.5. The summed E-state index contributed by atoms with van der Waals surface area (Å²) in [4.78, 5) is 12.5. The van der Waals surface area contributed by atoms with E-state index in [-0.39, 0.29) is 11.9 Å². The second-order valence-electron chi connectivity index (χ2n) is 5.14. The molecule has 116 valence electrons. The largest absolute Gasteiger partial charge is 0.494 e. The van der Waals surface area contributed by atoms with Crippen LogP contribution in [0.5, 0.6) is 5.75 Å². The van der Waals surface area contributed by atoms with Crippen LogP contribution in [-0.2, 0) is 0 Å². The molecule has 3 nitrogen and oxygen atoms in total. The van der Waals surface area contributed by atoms with E-state index in [1.54, 1.807) is 0 Å². The summed E-state index contributed by atoms with van der Waals surface area (Å²) in [7, 11) is 0. The van der Waals surface area contributed by atoms with E-state index in [9.17, 15) is 4.79 Å². The molecular formula is C18H20INO2. The molecule has 0 fully saturated rings. The van der Waals surface area contributed by atoms with Crippen LogP contribution in [0.2, 0.25) is 0 Å². The maximum absolute atomic E-state index is 12.5. The standard InChI is InChI=1S/C18H20INO2/c1-4-22-15-9-6-8-14(11-15)13(3)20-18(21)16-10-5-7-12(2)17(16)19/h5-11,13H,4H2,1-3H3,(H,20,21). The number of benzene rings is 2. The normalized spacial score (nSPS) is 11.8. The quantitative estimate of drug-likeness (QED) is 0.740. The molecule has 0 aliphatic heterocycles. The Balaban J connectivity index is 2.14. The Hall–Kier alpha value is -1.56. The van der Waals surface area contributed by atoms with Crippen molar-refractivity contribution < 1.29 is 9.53 Å². The number of rotatable bonds is 5. The topological polar surface area (TPSA) is 38.3 Å². The highest BCUT2D eigenvalue weighted by Crippen LogP contribution is 2.21. The molecule has 2 rings (SSSR count). The number of ether oxygens (including phenoxy) is 1. The number of amides is 1. The Kier molecular flexibility index (Phi) is 5.83. The summed E-state index contributed by atoms with van der Waals surface area (Å²) in [5.74, 6) is 0.772. The Morgan fingerprint density at radius 2 is 2.00 bits per heavy atom. The SMILES string of the molecule is CCOc1cccc(C(C)NC(=O)c2cccc(C)c2I)c1. The molecule has 0 heterocycles. The van der Waals surface area contributed by atoms with Gasteiger partial charge in [-0.2, -0.15) is 0 Å². The number of aryl methyl sites for hydroxylation is 1. The zero-order valence-electron chi connectivity index (χ0n) is 13.0. The number of carbonyl (C=O) groups excluding carboxylic acids is 1. The maximum Gasteiger partial charge on any atom is 0.252 e. The van der Waals surface area contributed by atoms with E-state index in [2.05, 4.69) is 27.9 Å². The third-order valence-corrected chi connectivity index (χ3v) is 4.89. The van der Waals surface area contributed by atoms with Crippen LogP contribution in [0.4, 0.5) is 0 Å². The molecule has 0 radical (unpaired) electrons. The molecule has 1 unspecified atom stereocenters. The zero-order chi connectivity index (χ0) is 16.1. The molecule has 2 aromatic rings. The minimum Gasteiger partial charge on any atom is -0.494 e. The van der Waals surface area contributed by atoms with Crippen LogP contribution < -0.4 is 10.1 Å². The van der Waals surface area contributed by atoms with Gasteiger partial charge in [-0.15, -0.1) is 0 Å².